The van der Waals surface area contributed by atoms with Crippen LogP contribution in [-0.4, -0.2) is 39.6 Å². The largest absolute Gasteiger partial charge is 0.333 e. The number of hydrogen-bond acceptors (Lipinski definition) is 3. The molecule has 3 aromatic rings. The Labute approximate surface area is 207 Å². The van der Waals surface area contributed by atoms with Crippen LogP contribution in [0, 0.1) is 11.7 Å². The maximum Gasteiger partial charge on any atom is 0.245 e. The molecule has 0 spiro atoms. The van der Waals surface area contributed by atoms with Crippen LogP contribution in [0.3, 0.4) is 0 Å². The Bertz CT molecular complexity index is 1090. The Balaban J connectivity index is 1.79. The second kappa shape index (κ2) is 12.8. The highest BCUT2D eigenvalue weighted by Gasteiger charge is 2.20. The van der Waals surface area contributed by atoms with E-state index in [0.717, 1.165) is 31.2 Å². The zero-order valence-electron chi connectivity index (χ0n) is 20.8. The fraction of sp³-hybridized carbons (Fsp3) is 0.393. The molecule has 1 aromatic heterocycles. The van der Waals surface area contributed by atoms with Gasteiger partial charge in [0.2, 0.25) is 11.8 Å². The molecule has 0 atom stereocenters. The van der Waals surface area contributed by atoms with Crippen molar-refractivity contribution in [2.75, 3.05) is 18.4 Å². The summed E-state index contributed by atoms with van der Waals surface area (Å²) in [6.07, 6.45) is 4.52. The van der Waals surface area contributed by atoms with Crippen molar-refractivity contribution >= 4 is 17.6 Å². The fourth-order valence-corrected chi connectivity index (χ4v) is 3.91. The van der Waals surface area contributed by atoms with Gasteiger partial charge in [-0.15, -0.1) is 0 Å². The van der Waals surface area contributed by atoms with Crippen LogP contribution in [0.5, 0.6) is 0 Å². The van der Waals surface area contributed by atoms with Gasteiger partial charge in [-0.1, -0.05) is 70.4 Å². The van der Waals surface area contributed by atoms with Gasteiger partial charge >= 0.3 is 0 Å². The number of benzene rings is 2. The van der Waals surface area contributed by atoms with Crippen LogP contribution in [0.1, 0.15) is 52.9 Å². The molecule has 1 heterocycles. The average Bonchev–Trinajstić information content (AvgIpc) is 3.25. The topological polar surface area (TPSA) is 67.2 Å². The highest BCUT2D eigenvalue weighted by Crippen LogP contribution is 2.25. The van der Waals surface area contributed by atoms with Crippen LogP contribution in [-0.2, 0) is 9.59 Å². The number of hydrogen-bond donors (Lipinski definition) is 1. The summed E-state index contributed by atoms with van der Waals surface area (Å²) < 4.78 is 15.1. The third kappa shape index (κ3) is 7.77. The molecule has 0 fully saturated rings. The Hall–Kier alpha value is -3.48. The van der Waals surface area contributed by atoms with Gasteiger partial charge in [-0.3, -0.25) is 9.59 Å². The summed E-state index contributed by atoms with van der Waals surface area (Å²) in [7, 11) is 0. The zero-order chi connectivity index (χ0) is 25.2. The highest BCUT2D eigenvalue weighted by atomic mass is 19.1. The first-order valence-corrected chi connectivity index (χ1v) is 12.4. The highest BCUT2D eigenvalue weighted by molar-refractivity contribution is 5.94. The van der Waals surface area contributed by atoms with Gasteiger partial charge in [0.05, 0.1) is 17.9 Å². The van der Waals surface area contributed by atoms with E-state index in [1.165, 1.54) is 12.1 Å². The number of unbranched alkanes of at least 4 members (excludes halogenated alkanes) is 3. The molecule has 0 aliphatic carbocycles. The summed E-state index contributed by atoms with van der Waals surface area (Å²) in [4.78, 5) is 27.5. The molecule has 186 valence electrons. The van der Waals surface area contributed by atoms with E-state index in [0.29, 0.717) is 30.2 Å². The Morgan fingerprint density at radius 2 is 1.74 bits per heavy atom. The smallest absolute Gasteiger partial charge is 0.245 e. The number of halogens is 1. The third-order valence-electron chi connectivity index (χ3n) is 5.63. The minimum absolute atomic E-state index is 0.00182. The molecule has 2 aromatic carbocycles. The maximum absolute atomic E-state index is 13.5. The van der Waals surface area contributed by atoms with Crippen LogP contribution in [0.2, 0.25) is 0 Å². The van der Waals surface area contributed by atoms with E-state index in [-0.39, 0.29) is 30.1 Å². The molecule has 7 heteroatoms. The maximum atomic E-state index is 13.5. The molecule has 0 unspecified atom stereocenters. The molecule has 3 rings (SSSR count). The standard InChI is InChI=1S/C28H35FN4O2/c1-4-5-6-10-13-28(35)32(19-21(2)3)20-27(34)30-26-18-25(22-11-8-7-9-12-22)31-33(26)24-16-14-23(29)15-17-24/h7-9,11-12,14-18,21H,4-6,10,13,19-20H2,1-3H3,(H,30,34). The molecular formula is C28H35FN4O2. The molecule has 0 bridgehead atoms. The Kier molecular flexibility index (Phi) is 9.58. The second-order valence-corrected chi connectivity index (χ2v) is 9.20. The van der Waals surface area contributed by atoms with Gasteiger partial charge in [0.15, 0.2) is 0 Å². The average molecular weight is 479 g/mol. The second-order valence-electron chi connectivity index (χ2n) is 9.20. The molecule has 1 N–H and O–H groups in total. The molecule has 6 nitrogen and oxygen atoms in total. The summed E-state index contributed by atoms with van der Waals surface area (Å²) in [5.41, 5.74) is 2.19. The first kappa shape index (κ1) is 26.1. The minimum Gasteiger partial charge on any atom is -0.333 e. The number of nitrogens with one attached hydrogen (secondary N) is 1. The molecule has 0 saturated heterocycles. The summed E-state index contributed by atoms with van der Waals surface area (Å²) >= 11 is 0. The van der Waals surface area contributed by atoms with Gasteiger partial charge in [0, 0.05) is 24.6 Å². The summed E-state index contributed by atoms with van der Waals surface area (Å²) in [6.45, 7) is 6.69. The number of carbonyl (C=O) groups is 2. The molecule has 0 radical (unpaired) electrons. The monoisotopic (exact) mass is 478 g/mol. The van der Waals surface area contributed by atoms with Gasteiger partial charge in [0.25, 0.3) is 0 Å². The molecular weight excluding hydrogens is 443 g/mol. The number of carbonyl (C=O) groups excluding carboxylic acids is 2. The number of rotatable bonds is 12. The molecule has 0 saturated carbocycles. The number of nitrogens with zero attached hydrogens (tertiary/aromatic N) is 3. The number of amides is 2. The van der Waals surface area contributed by atoms with Crippen molar-refractivity contribution in [1.82, 2.24) is 14.7 Å². The lowest BCUT2D eigenvalue weighted by Crippen LogP contribution is -2.40. The van der Waals surface area contributed by atoms with Crippen molar-refractivity contribution in [3.05, 3.63) is 66.5 Å². The van der Waals surface area contributed by atoms with E-state index < -0.39 is 0 Å². The molecule has 0 aliphatic rings. The van der Waals surface area contributed by atoms with E-state index in [1.807, 2.05) is 44.2 Å². The first-order chi connectivity index (χ1) is 16.9. The lowest BCUT2D eigenvalue weighted by molar-refractivity contribution is -0.135. The normalized spacial score (nSPS) is 11.0. The van der Waals surface area contributed by atoms with Crippen LogP contribution in [0.4, 0.5) is 10.2 Å². The number of aromatic nitrogens is 2. The molecule has 0 aliphatic heterocycles. The van der Waals surface area contributed by atoms with E-state index in [4.69, 9.17) is 0 Å². The van der Waals surface area contributed by atoms with Gasteiger partial charge < -0.3 is 10.2 Å². The minimum atomic E-state index is -0.350. The predicted octanol–water partition coefficient (Wildman–Crippen LogP) is 6.07. The van der Waals surface area contributed by atoms with E-state index in [2.05, 4.69) is 17.3 Å². The van der Waals surface area contributed by atoms with Crippen LogP contribution >= 0.6 is 0 Å². The van der Waals surface area contributed by atoms with Crippen LogP contribution in [0.25, 0.3) is 16.9 Å². The lowest BCUT2D eigenvalue weighted by atomic mass is 10.1. The van der Waals surface area contributed by atoms with Crippen molar-refractivity contribution in [2.45, 2.75) is 52.9 Å². The Morgan fingerprint density at radius 1 is 1.03 bits per heavy atom. The van der Waals surface area contributed by atoms with Crippen molar-refractivity contribution in [1.29, 1.82) is 0 Å². The third-order valence-corrected chi connectivity index (χ3v) is 5.63. The van der Waals surface area contributed by atoms with Gasteiger partial charge in [0.1, 0.15) is 11.6 Å². The first-order valence-electron chi connectivity index (χ1n) is 12.4. The van der Waals surface area contributed by atoms with Gasteiger partial charge in [-0.05, 0) is 36.6 Å². The zero-order valence-corrected chi connectivity index (χ0v) is 20.8. The summed E-state index contributed by atoms with van der Waals surface area (Å²) in [6, 6.07) is 17.3. The van der Waals surface area contributed by atoms with Gasteiger partial charge in [-0.2, -0.15) is 5.10 Å². The quantitative estimate of drug-likeness (QED) is 0.321. The van der Waals surface area contributed by atoms with E-state index in [1.54, 1.807) is 27.8 Å². The van der Waals surface area contributed by atoms with Crippen LogP contribution in [0.15, 0.2) is 60.7 Å². The summed E-state index contributed by atoms with van der Waals surface area (Å²) in [5, 5.41) is 7.58. The fourth-order valence-electron chi connectivity index (χ4n) is 3.91. The van der Waals surface area contributed by atoms with Crippen molar-refractivity contribution < 1.29 is 14.0 Å². The predicted molar refractivity (Wildman–Crippen MR) is 138 cm³/mol. The van der Waals surface area contributed by atoms with E-state index in [9.17, 15) is 14.0 Å². The van der Waals surface area contributed by atoms with Crippen molar-refractivity contribution in [3.63, 3.8) is 0 Å². The Morgan fingerprint density at radius 3 is 2.40 bits per heavy atom. The summed E-state index contributed by atoms with van der Waals surface area (Å²) in [5.74, 6) is 0.0612. The van der Waals surface area contributed by atoms with Crippen molar-refractivity contribution in [2.24, 2.45) is 5.92 Å². The molecule has 2 amide bonds. The van der Waals surface area contributed by atoms with Crippen LogP contribution < -0.4 is 5.32 Å². The lowest BCUT2D eigenvalue weighted by Gasteiger charge is -2.24. The number of anilines is 1. The SMILES string of the molecule is CCCCCCC(=O)N(CC(=O)Nc1cc(-c2ccccc2)nn1-c1ccc(F)cc1)CC(C)C. The van der Waals surface area contributed by atoms with Crippen molar-refractivity contribution in [3.8, 4) is 16.9 Å². The molecule has 35 heavy (non-hydrogen) atoms. The van der Waals surface area contributed by atoms with E-state index >= 15 is 0 Å². The van der Waals surface area contributed by atoms with Gasteiger partial charge in [-0.25, -0.2) is 9.07 Å².